The van der Waals surface area contributed by atoms with Crippen LogP contribution in [0.15, 0.2) is 66.7 Å². The van der Waals surface area contributed by atoms with Crippen LogP contribution >= 0.6 is 0 Å². The minimum absolute atomic E-state index is 0.0347. The highest BCUT2D eigenvalue weighted by Gasteiger charge is 2.32. The van der Waals surface area contributed by atoms with Crippen molar-refractivity contribution in [2.45, 2.75) is 25.7 Å². The third-order valence-electron chi connectivity index (χ3n) is 5.86. The third kappa shape index (κ3) is 4.36. The van der Waals surface area contributed by atoms with Gasteiger partial charge in [-0.25, -0.2) is 0 Å². The monoisotopic (exact) mass is 414 g/mol. The average Bonchev–Trinajstić information content (AvgIpc) is 2.80. The van der Waals surface area contributed by atoms with E-state index in [1.807, 2.05) is 49.5 Å². The fourth-order valence-corrected chi connectivity index (χ4v) is 4.15. The summed E-state index contributed by atoms with van der Waals surface area (Å²) in [6.07, 6.45) is 2.60. The molecule has 3 amide bonds. The number of hydrogen-bond acceptors (Lipinski definition) is 3. The first-order chi connectivity index (χ1) is 15.1. The number of nitrogens with zero attached hydrogens (tertiary/aromatic N) is 2. The summed E-state index contributed by atoms with van der Waals surface area (Å²) in [4.78, 5) is 41.3. The lowest BCUT2D eigenvalue weighted by Gasteiger charge is -2.27. The van der Waals surface area contributed by atoms with E-state index in [4.69, 9.17) is 0 Å². The van der Waals surface area contributed by atoms with Crippen LogP contribution in [0.4, 0.5) is 0 Å². The number of aryl methyl sites for hydroxylation is 1. The molecule has 0 saturated carbocycles. The lowest BCUT2D eigenvalue weighted by Crippen LogP contribution is -2.41. The quantitative estimate of drug-likeness (QED) is 0.516. The van der Waals surface area contributed by atoms with E-state index in [1.54, 1.807) is 17.0 Å². The molecule has 3 aromatic rings. The second-order valence-corrected chi connectivity index (χ2v) is 7.98. The highest BCUT2D eigenvalue weighted by atomic mass is 16.2. The van der Waals surface area contributed by atoms with Crippen LogP contribution in [0.25, 0.3) is 10.8 Å². The zero-order valence-electron chi connectivity index (χ0n) is 17.7. The topological polar surface area (TPSA) is 57.7 Å². The zero-order chi connectivity index (χ0) is 21.8. The standard InChI is InChI=1S/C26H26N2O3/c1-27(17-7-11-19-9-3-2-4-10-19)23(29)16-8-18-28-25(30)21-14-5-12-20-13-6-15-22(24(20)21)26(28)31/h2-6,9-10,12-15H,7-8,11,16-18H2,1H3. The smallest absolute Gasteiger partial charge is 0.261 e. The fourth-order valence-electron chi connectivity index (χ4n) is 4.15. The van der Waals surface area contributed by atoms with Crippen LogP contribution in [-0.2, 0) is 11.2 Å². The van der Waals surface area contributed by atoms with E-state index >= 15 is 0 Å². The molecule has 0 aromatic heterocycles. The lowest BCUT2D eigenvalue weighted by molar-refractivity contribution is -0.130. The summed E-state index contributed by atoms with van der Waals surface area (Å²) in [7, 11) is 1.81. The van der Waals surface area contributed by atoms with Crippen LogP contribution in [0, 0.1) is 0 Å². The first-order valence-electron chi connectivity index (χ1n) is 10.7. The number of benzene rings is 3. The van der Waals surface area contributed by atoms with Gasteiger partial charge in [0.15, 0.2) is 0 Å². The SMILES string of the molecule is CN(CCCc1ccccc1)C(=O)CCCN1C(=O)c2cccc3cccc(c23)C1=O. The Balaban J connectivity index is 1.31. The summed E-state index contributed by atoms with van der Waals surface area (Å²) in [6.45, 7) is 0.927. The Kier molecular flexibility index (Phi) is 6.12. The van der Waals surface area contributed by atoms with Crippen LogP contribution in [0.5, 0.6) is 0 Å². The zero-order valence-corrected chi connectivity index (χ0v) is 17.7. The molecule has 1 aliphatic rings. The summed E-state index contributed by atoms with van der Waals surface area (Å²) < 4.78 is 0. The molecule has 0 aliphatic carbocycles. The van der Waals surface area contributed by atoms with Gasteiger partial charge in [-0.05, 0) is 42.3 Å². The highest BCUT2D eigenvalue weighted by molar-refractivity contribution is 6.25. The van der Waals surface area contributed by atoms with Gasteiger partial charge in [-0.3, -0.25) is 19.3 Å². The summed E-state index contributed by atoms with van der Waals surface area (Å²) in [5.41, 5.74) is 2.37. The number of amides is 3. The van der Waals surface area contributed by atoms with Crippen molar-refractivity contribution in [1.29, 1.82) is 0 Å². The molecule has 0 atom stereocenters. The van der Waals surface area contributed by atoms with Gasteiger partial charge >= 0.3 is 0 Å². The van der Waals surface area contributed by atoms with Gasteiger partial charge in [0.05, 0.1) is 0 Å². The molecule has 0 radical (unpaired) electrons. The molecule has 0 saturated heterocycles. The van der Waals surface area contributed by atoms with Crippen molar-refractivity contribution in [3.05, 3.63) is 83.4 Å². The van der Waals surface area contributed by atoms with Gasteiger partial charge in [0, 0.05) is 43.1 Å². The molecule has 0 N–H and O–H groups in total. The number of rotatable bonds is 8. The lowest BCUT2D eigenvalue weighted by atomic mass is 9.94. The molecule has 1 aliphatic heterocycles. The van der Waals surface area contributed by atoms with Crippen molar-refractivity contribution in [1.82, 2.24) is 9.80 Å². The molecule has 158 valence electrons. The van der Waals surface area contributed by atoms with Gasteiger partial charge < -0.3 is 4.90 Å². The van der Waals surface area contributed by atoms with Gasteiger partial charge in [0.1, 0.15) is 0 Å². The van der Waals surface area contributed by atoms with Crippen molar-refractivity contribution in [3.63, 3.8) is 0 Å². The molecule has 31 heavy (non-hydrogen) atoms. The molecule has 4 rings (SSSR count). The molecule has 0 spiro atoms. The van der Waals surface area contributed by atoms with Gasteiger partial charge in [-0.2, -0.15) is 0 Å². The van der Waals surface area contributed by atoms with Crippen LogP contribution in [0.1, 0.15) is 45.5 Å². The van der Waals surface area contributed by atoms with Crippen molar-refractivity contribution >= 4 is 28.5 Å². The Bertz CT molecular complexity index is 1070. The maximum Gasteiger partial charge on any atom is 0.261 e. The molecule has 3 aromatic carbocycles. The van der Waals surface area contributed by atoms with Gasteiger partial charge in [-0.1, -0.05) is 54.6 Å². The second kappa shape index (κ2) is 9.13. The van der Waals surface area contributed by atoms with E-state index in [1.165, 1.54) is 10.5 Å². The van der Waals surface area contributed by atoms with Gasteiger partial charge in [-0.15, -0.1) is 0 Å². The van der Waals surface area contributed by atoms with Crippen LogP contribution in [0.3, 0.4) is 0 Å². The van der Waals surface area contributed by atoms with E-state index in [0.29, 0.717) is 30.5 Å². The van der Waals surface area contributed by atoms with Crippen LogP contribution in [0.2, 0.25) is 0 Å². The minimum atomic E-state index is -0.280. The maximum atomic E-state index is 12.9. The normalized spacial score (nSPS) is 13.0. The van der Waals surface area contributed by atoms with E-state index < -0.39 is 0 Å². The molecule has 0 unspecified atom stereocenters. The van der Waals surface area contributed by atoms with Gasteiger partial charge in [0.25, 0.3) is 11.8 Å². The predicted octanol–water partition coefficient (Wildman–Crippen LogP) is 4.31. The highest BCUT2D eigenvalue weighted by Crippen LogP contribution is 2.30. The molecular formula is C26H26N2O3. The Morgan fingerprint density at radius 2 is 1.48 bits per heavy atom. The summed E-state index contributed by atoms with van der Waals surface area (Å²) >= 11 is 0. The summed E-state index contributed by atoms with van der Waals surface area (Å²) in [6, 6.07) is 21.2. The fraction of sp³-hybridized carbons (Fsp3) is 0.269. The summed E-state index contributed by atoms with van der Waals surface area (Å²) in [5, 5.41) is 1.62. The van der Waals surface area contributed by atoms with Crippen LogP contribution < -0.4 is 0 Å². The van der Waals surface area contributed by atoms with Crippen molar-refractivity contribution < 1.29 is 14.4 Å². The Labute approximate surface area is 182 Å². The second-order valence-electron chi connectivity index (χ2n) is 7.98. The molecule has 0 bridgehead atoms. The molecular weight excluding hydrogens is 388 g/mol. The third-order valence-corrected chi connectivity index (χ3v) is 5.86. The predicted molar refractivity (Wildman–Crippen MR) is 121 cm³/mol. The van der Waals surface area contributed by atoms with E-state index in [-0.39, 0.29) is 24.3 Å². The van der Waals surface area contributed by atoms with E-state index in [9.17, 15) is 14.4 Å². The summed E-state index contributed by atoms with van der Waals surface area (Å²) in [5.74, 6) is -0.525. The molecule has 1 heterocycles. The van der Waals surface area contributed by atoms with Crippen molar-refractivity contribution in [3.8, 4) is 0 Å². The Hall–Kier alpha value is -3.47. The van der Waals surface area contributed by atoms with Crippen LogP contribution in [-0.4, -0.2) is 47.7 Å². The van der Waals surface area contributed by atoms with E-state index in [2.05, 4.69) is 12.1 Å². The average molecular weight is 415 g/mol. The minimum Gasteiger partial charge on any atom is -0.346 e. The largest absolute Gasteiger partial charge is 0.346 e. The van der Waals surface area contributed by atoms with Crippen molar-refractivity contribution in [2.75, 3.05) is 20.1 Å². The van der Waals surface area contributed by atoms with E-state index in [0.717, 1.165) is 23.6 Å². The molecule has 5 heteroatoms. The maximum absolute atomic E-state index is 12.9. The number of hydrogen-bond donors (Lipinski definition) is 0. The number of imide groups is 1. The van der Waals surface area contributed by atoms with Gasteiger partial charge in [0.2, 0.25) is 5.91 Å². The first kappa shape index (κ1) is 20.8. The Morgan fingerprint density at radius 3 is 2.13 bits per heavy atom. The number of carbonyl (C=O) groups is 3. The van der Waals surface area contributed by atoms with Crippen molar-refractivity contribution in [2.24, 2.45) is 0 Å². The number of carbonyl (C=O) groups excluding carboxylic acids is 3. The Morgan fingerprint density at radius 1 is 0.839 bits per heavy atom. The molecule has 5 nitrogen and oxygen atoms in total. The first-order valence-corrected chi connectivity index (χ1v) is 10.7. The molecule has 0 fully saturated rings.